The van der Waals surface area contributed by atoms with Crippen LogP contribution in [0, 0.1) is 0 Å². The van der Waals surface area contributed by atoms with Crippen molar-refractivity contribution >= 4 is 23.9 Å². The van der Waals surface area contributed by atoms with Gasteiger partial charge in [-0.1, -0.05) is 24.3 Å². The summed E-state index contributed by atoms with van der Waals surface area (Å²) in [6, 6.07) is 20.6. The normalized spacial score (nSPS) is 14.0. The third-order valence-corrected chi connectivity index (χ3v) is 4.66. The van der Waals surface area contributed by atoms with Gasteiger partial charge < -0.3 is 18.9 Å². The summed E-state index contributed by atoms with van der Waals surface area (Å²) >= 11 is 0. The van der Waals surface area contributed by atoms with Crippen LogP contribution in [0.15, 0.2) is 83.5 Å². The molecule has 0 atom stereocenters. The Morgan fingerprint density at radius 1 is 0.906 bits per heavy atom. The highest BCUT2D eigenvalue weighted by Crippen LogP contribution is 2.30. The minimum absolute atomic E-state index is 0.145. The lowest BCUT2D eigenvalue weighted by Gasteiger charge is -2.10. The van der Waals surface area contributed by atoms with Crippen LogP contribution in [-0.2, 0) is 9.53 Å². The number of aliphatic imine (C=N–C) groups is 1. The molecule has 7 heteroatoms. The first-order valence-corrected chi connectivity index (χ1v) is 9.69. The number of carbonyl (C=O) groups excluding carboxylic acids is 2. The van der Waals surface area contributed by atoms with E-state index in [4.69, 9.17) is 18.9 Å². The molecular formula is C25H19NO6. The molecule has 160 valence electrons. The molecule has 7 nitrogen and oxygen atoms in total. The van der Waals surface area contributed by atoms with Crippen molar-refractivity contribution in [1.82, 2.24) is 0 Å². The Morgan fingerprint density at radius 2 is 1.66 bits per heavy atom. The van der Waals surface area contributed by atoms with Gasteiger partial charge in [0.15, 0.2) is 17.2 Å². The van der Waals surface area contributed by atoms with Crippen LogP contribution < -0.4 is 14.2 Å². The summed E-state index contributed by atoms with van der Waals surface area (Å²) in [4.78, 5) is 28.9. The van der Waals surface area contributed by atoms with E-state index in [1.807, 2.05) is 6.07 Å². The second-order valence-corrected chi connectivity index (χ2v) is 6.73. The molecule has 0 spiro atoms. The lowest BCUT2D eigenvalue weighted by Crippen LogP contribution is -2.09. The predicted molar refractivity (Wildman–Crippen MR) is 118 cm³/mol. The molecular weight excluding hydrogens is 410 g/mol. The molecule has 0 unspecified atom stereocenters. The molecule has 4 rings (SSSR count). The van der Waals surface area contributed by atoms with Gasteiger partial charge in [0.2, 0.25) is 5.90 Å². The Labute approximate surface area is 184 Å². The zero-order chi connectivity index (χ0) is 22.5. The van der Waals surface area contributed by atoms with Crippen molar-refractivity contribution in [3.05, 3.63) is 95.2 Å². The van der Waals surface area contributed by atoms with Crippen LogP contribution in [0.25, 0.3) is 6.08 Å². The average Bonchev–Trinajstić information content (AvgIpc) is 3.20. The molecule has 32 heavy (non-hydrogen) atoms. The smallest absolute Gasteiger partial charge is 0.363 e. The van der Waals surface area contributed by atoms with Gasteiger partial charge >= 0.3 is 11.9 Å². The maximum atomic E-state index is 12.3. The van der Waals surface area contributed by atoms with E-state index < -0.39 is 11.9 Å². The second kappa shape index (κ2) is 9.18. The number of hydrogen-bond donors (Lipinski definition) is 0. The van der Waals surface area contributed by atoms with Gasteiger partial charge in [0.25, 0.3) is 0 Å². The van der Waals surface area contributed by atoms with Crippen molar-refractivity contribution in [3.63, 3.8) is 0 Å². The molecule has 0 fully saturated rings. The maximum Gasteiger partial charge on any atom is 0.363 e. The first-order valence-electron chi connectivity index (χ1n) is 9.69. The van der Waals surface area contributed by atoms with Crippen LogP contribution >= 0.6 is 0 Å². The van der Waals surface area contributed by atoms with E-state index in [0.29, 0.717) is 28.2 Å². The van der Waals surface area contributed by atoms with Crippen LogP contribution in [-0.4, -0.2) is 32.1 Å². The molecule has 0 aliphatic carbocycles. The fraction of sp³-hybridized carbons (Fsp3) is 0.0800. The Balaban J connectivity index is 1.56. The molecule has 3 aromatic carbocycles. The highest BCUT2D eigenvalue weighted by molar-refractivity contribution is 6.12. The molecule has 1 aliphatic rings. The highest BCUT2D eigenvalue weighted by atomic mass is 16.6. The summed E-state index contributed by atoms with van der Waals surface area (Å²) in [7, 11) is 3.04. The highest BCUT2D eigenvalue weighted by Gasteiger charge is 2.24. The van der Waals surface area contributed by atoms with E-state index in [2.05, 4.69) is 4.99 Å². The number of methoxy groups -OCH3 is 2. The maximum absolute atomic E-state index is 12.3. The standard InChI is InChI=1S/C25H19NO6/c1-29-19-11-9-17(10-12-19)23-26-20(25(28)32-23)14-16-8-13-21(22(15-16)30-2)31-24(27)18-6-4-3-5-7-18/h3-15H,1-2H3/b20-14-. The van der Waals surface area contributed by atoms with Crippen molar-refractivity contribution in [1.29, 1.82) is 0 Å². The largest absolute Gasteiger partial charge is 0.497 e. The predicted octanol–water partition coefficient (Wildman–Crippen LogP) is 4.27. The van der Waals surface area contributed by atoms with E-state index in [1.54, 1.807) is 79.9 Å². The van der Waals surface area contributed by atoms with Gasteiger partial charge in [0.1, 0.15) is 5.75 Å². The van der Waals surface area contributed by atoms with Crippen LogP contribution in [0.4, 0.5) is 0 Å². The minimum atomic E-state index is -0.561. The van der Waals surface area contributed by atoms with Gasteiger partial charge in [-0.25, -0.2) is 14.6 Å². The molecule has 3 aromatic rings. The fourth-order valence-corrected chi connectivity index (χ4v) is 3.02. The fourth-order valence-electron chi connectivity index (χ4n) is 3.02. The zero-order valence-electron chi connectivity index (χ0n) is 17.4. The van der Waals surface area contributed by atoms with E-state index in [-0.39, 0.29) is 17.3 Å². The summed E-state index contributed by atoms with van der Waals surface area (Å²) in [5, 5.41) is 0. The minimum Gasteiger partial charge on any atom is -0.497 e. The Morgan fingerprint density at radius 3 is 2.34 bits per heavy atom. The quantitative estimate of drug-likeness (QED) is 0.331. The number of rotatable bonds is 6. The van der Waals surface area contributed by atoms with Crippen LogP contribution in [0.1, 0.15) is 21.5 Å². The first kappa shape index (κ1) is 20.9. The van der Waals surface area contributed by atoms with Crippen molar-refractivity contribution in [2.45, 2.75) is 0 Å². The van der Waals surface area contributed by atoms with Crippen molar-refractivity contribution < 1.29 is 28.5 Å². The topological polar surface area (TPSA) is 83.4 Å². The summed E-state index contributed by atoms with van der Waals surface area (Å²) in [5.74, 6) is 0.450. The second-order valence-electron chi connectivity index (χ2n) is 6.73. The number of ether oxygens (including phenoxy) is 4. The summed E-state index contributed by atoms with van der Waals surface area (Å²) in [6.45, 7) is 0. The monoisotopic (exact) mass is 429 g/mol. The number of cyclic esters (lactones) is 1. The summed E-state index contributed by atoms with van der Waals surface area (Å²) in [6.07, 6.45) is 1.57. The zero-order valence-corrected chi connectivity index (χ0v) is 17.4. The molecule has 0 aromatic heterocycles. The Kier molecular flexibility index (Phi) is 5.98. The number of hydrogen-bond acceptors (Lipinski definition) is 7. The van der Waals surface area contributed by atoms with E-state index in [1.165, 1.54) is 7.11 Å². The molecule has 0 N–H and O–H groups in total. The van der Waals surface area contributed by atoms with E-state index in [9.17, 15) is 9.59 Å². The molecule has 0 amide bonds. The summed E-state index contributed by atoms with van der Waals surface area (Å²) < 4.78 is 21.2. The molecule has 1 aliphatic heterocycles. The Hall–Kier alpha value is -4.39. The Bertz CT molecular complexity index is 1210. The van der Waals surface area contributed by atoms with Gasteiger partial charge in [-0.3, -0.25) is 0 Å². The molecule has 1 heterocycles. The lowest BCUT2D eigenvalue weighted by atomic mass is 10.1. The summed E-state index contributed by atoms with van der Waals surface area (Å²) in [5.41, 5.74) is 1.86. The van der Waals surface area contributed by atoms with Crippen LogP contribution in [0.2, 0.25) is 0 Å². The third kappa shape index (κ3) is 4.52. The molecule has 0 saturated heterocycles. The van der Waals surface area contributed by atoms with Gasteiger partial charge in [-0.2, -0.15) is 0 Å². The van der Waals surface area contributed by atoms with Crippen LogP contribution in [0.5, 0.6) is 17.2 Å². The van der Waals surface area contributed by atoms with Gasteiger partial charge in [0.05, 0.1) is 19.8 Å². The van der Waals surface area contributed by atoms with Gasteiger partial charge in [-0.05, 0) is 60.2 Å². The molecule has 0 bridgehead atoms. The SMILES string of the molecule is COc1ccc(C2=N/C(=C\c3ccc(OC(=O)c4ccccc4)c(OC)c3)C(=O)O2)cc1. The average molecular weight is 429 g/mol. The van der Waals surface area contributed by atoms with Gasteiger partial charge in [-0.15, -0.1) is 0 Å². The van der Waals surface area contributed by atoms with E-state index >= 15 is 0 Å². The molecule has 0 saturated carbocycles. The molecule has 0 radical (unpaired) electrons. The first-order chi connectivity index (χ1) is 15.6. The van der Waals surface area contributed by atoms with Crippen molar-refractivity contribution in [3.8, 4) is 17.2 Å². The van der Waals surface area contributed by atoms with E-state index in [0.717, 1.165) is 0 Å². The third-order valence-electron chi connectivity index (χ3n) is 4.66. The number of benzene rings is 3. The van der Waals surface area contributed by atoms with Crippen LogP contribution in [0.3, 0.4) is 0 Å². The number of nitrogens with zero attached hydrogens (tertiary/aromatic N) is 1. The number of carbonyl (C=O) groups is 2. The van der Waals surface area contributed by atoms with Crippen molar-refractivity contribution in [2.75, 3.05) is 14.2 Å². The van der Waals surface area contributed by atoms with Crippen molar-refractivity contribution in [2.24, 2.45) is 4.99 Å². The lowest BCUT2D eigenvalue weighted by molar-refractivity contribution is -0.129. The van der Waals surface area contributed by atoms with Gasteiger partial charge in [0, 0.05) is 5.56 Å². The number of esters is 2.